The fourth-order valence-corrected chi connectivity index (χ4v) is 2.85. The van der Waals surface area contributed by atoms with E-state index in [-0.39, 0.29) is 23.1 Å². The number of nitrogens with zero attached hydrogens (tertiary/aromatic N) is 1. The van der Waals surface area contributed by atoms with E-state index in [9.17, 15) is 19.7 Å². The van der Waals surface area contributed by atoms with E-state index in [1.165, 1.54) is 42.5 Å². The first-order valence-electron chi connectivity index (χ1n) is 9.39. The highest BCUT2D eigenvalue weighted by atomic mass is 16.6. The standard InChI is InChI=1S/C23H20N2O6/c1-15-7-12-19(16(2)13-15)24-23(27)17-8-10-18(11-9-17)31-22(26)14-30-21-6-4-3-5-20(21)25(28)29/h3-13H,14H2,1-2H3,(H,24,27). The summed E-state index contributed by atoms with van der Waals surface area (Å²) in [5.74, 6) is -0.822. The van der Waals surface area contributed by atoms with Gasteiger partial charge in [0.25, 0.3) is 5.91 Å². The molecule has 0 atom stereocenters. The predicted octanol–water partition coefficient (Wildman–Crippen LogP) is 4.45. The summed E-state index contributed by atoms with van der Waals surface area (Å²) in [5, 5.41) is 13.8. The van der Waals surface area contributed by atoms with Gasteiger partial charge >= 0.3 is 11.7 Å². The maximum atomic E-state index is 12.4. The molecule has 31 heavy (non-hydrogen) atoms. The number of esters is 1. The zero-order valence-electron chi connectivity index (χ0n) is 17.0. The number of anilines is 1. The predicted molar refractivity (Wildman–Crippen MR) is 115 cm³/mol. The summed E-state index contributed by atoms with van der Waals surface area (Å²) in [7, 11) is 0. The van der Waals surface area contributed by atoms with Crippen LogP contribution in [-0.2, 0) is 4.79 Å². The molecule has 0 radical (unpaired) electrons. The van der Waals surface area contributed by atoms with Crippen LogP contribution in [0, 0.1) is 24.0 Å². The van der Waals surface area contributed by atoms with Crippen LogP contribution >= 0.6 is 0 Å². The fraction of sp³-hybridized carbons (Fsp3) is 0.130. The Kier molecular flexibility index (Phi) is 6.61. The summed E-state index contributed by atoms with van der Waals surface area (Å²) < 4.78 is 10.4. The van der Waals surface area contributed by atoms with E-state index in [4.69, 9.17) is 9.47 Å². The number of carbonyl (C=O) groups is 2. The van der Waals surface area contributed by atoms with Crippen LogP contribution in [0.5, 0.6) is 11.5 Å². The van der Waals surface area contributed by atoms with Gasteiger partial charge in [-0.3, -0.25) is 14.9 Å². The lowest BCUT2D eigenvalue weighted by Crippen LogP contribution is -2.18. The summed E-state index contributed by atoms with van der Waals surface area (Å²) in [6.07, 6.45) is 0. The molecule has 0 aliphatic heterocycles. The second kappa shape index (κ2) is 9.53. The van der Waals surface area contributed by atoms with Gasteiger partial charge in [0, 0.05) is 17.3 Å². The van der Waals surface area contributed by atoms with Crippen molar-refractivity contribution in [2.75, 3.05) is 11.9 Å². The zero-order chi connectivity index (χ0) is 22.4. The third kappa shape index (κ3) is 5.66. The first kappa shape index (κ1) is 21.5. The second-order valence-electron chi connectivity index (χ2n) is 6.78. The number of nitrogens with one attached hydrogen (secondary N) is 1. The lowest BCUT2D eigenvalue weighted by molar-refractivity contribution is -0.385. The summed E-state index contributed by atoms with van der Waals surface area (Å²) in [5.41, 5.74) is 2.94. The lowest BCUT2D eigenvalue weighted by Gasteiger charge is -2.10. The topological polar surface area (TPSA) is 108 Å². The molecule has 0 bridgehead atoms. The third-order valence-corrected chi connectivity index (χ3v) is 4.39. The van der Waals surface area contributed by atoms with Crippen molar-refractivity contribution in [2.24, 2.45) is 0 Å². The third-order valence-electron chi connectivity index (χ3n) is 4.39. The molecule has 0 heterocycles. The van der Waals surface area contributed by atoms with Gasteiger partial charge in [-0.05, 0) is 55.8 Å². The maximum Gasteiger partial charge on any atom is 0.349 e. The van der Waals surface area contributed by atoms with Gasteiger partial charge in [-0.15, -0.1) is 0 Å². The zero-order valence-corrected chi connectivity index (χ0v) is 17.0. The van der Waals surface area contributed by atoms with Crippen LogP contribution in [-0.4, -0.2) is 23.4 Å². The SMILES string of the molecule is Cc1ccc(NC(=O)c2ccc(OC(=O)COc3ccccc3[N+](=O)[O-])cc2)c(C)c1. The molecule has 0 saturated carbocycles. The maximum absolute atomic E-state index is 12.4. The molecule has 3 aromatic carbocycles. The van der Waals surface area contributed by atoms with Crippen LogP contribution in [0.1, 0.15) is 21.5 Å². The van der Waals surface area contributed by atoms with Crippen molar-refractivity contribution < 1.29 is 24.0 Å². The summed E-state index contributed by atoms with van der Waals surface area (Å²) >= 11 is 0. The Hall–Kier alpha value is -4.20. The van der Waals surface area contributed by atoms with E-state index in [0.29, 0.717) is 5.56 Å². The average Bonchev–Trinajstić information content (AvgIpc) is 2.75. The molecule has 0 aliphatic carbocycles. The van der Waals surface area contributed by atoms with E-state index in [1.54, 1.807) is 6.07 Å². The van der Waals surface area contributed by atoms with E-state index >= 15 is 0 Å². The molecule has 3 rings (SSSR count). The number of hydrogen-bond donors (Lipinski definition) is 1. The van der Waals surface area contributed by atoms with Crippen LogP contribution in [0.25, 0.3) is 0 Å². The number of hydrogen-bond acceptors (Lipinski definition) is 6. The first-order valence-corrected chi connectivity index (χ1v) is 9.39. The van der Waals surface area contributed by atoms with Crippen molar-refractivity contribution in [1.82, 2.24) is 0 Å². The van der Waals surface area contributed by atoms with E-state index in [0.717, 1.165) is 16.8 Å². The molecule has 0 aliphatic rings. The highest BCUT2D eigenvalue weighted by Gasteiger charge is 2.16. The van der Waals surface area contributed by atoms with Crippen LogP contribution in [0.3, 0.4) is 0 Å². The molecule has 1 N–H and O–H groups in total. The number of ether oxygens (including phenoxy) is 2. The van der Waals surface area contributed by atoms with Gasteiger partial charge in [0.05, 0.1) is 4.92 Å². The average molecular weight is 420 g/mol. The molecule has 3 aromatic rings. The van der Waals surface area contributed by atoms with Crippen molar-refractivity contribution >= 4 is 23.3 Å². The largest absolute Gasteiger partial charge is 0.475 e. The second-order valence-corrected chi connectivity index (χ2v) is 6.78. The Balaban J connectivity index is 1.57. The van der Waals surface area contributed by atoms with Crippen molar-refractivity contribution in [3.8, 4) is 11.5 Å². The number of benzene rings is 3. The van der Waals surface area contributed by atoms with E-state index in [1.807, 2.05) is 32.0 Å². The molecule has 0 unspecified atom stereocenters. The van der Waals surface area contributed by atoms with Crippen LogP contribution < -0.4 is 14.8 Å². The van der Waals surface area contributed by atoms with Gasteiger partial charge in [-0.25, -0.2) is 4.79 Å². The normalized spacial score (nSPS) is 10.3. The lowest BCUT2D eigenvalue weighted by atomic mass is 10.1. The molecule has 0 saturated heterocycles. The van der Waals surface area contributed by atoms with Gasteiger partial charge in [0.1, 0.15) is 5.75 Å². The molecule has 1 amide bonds. The number of nitro groups is 1. The Morgan fingerprint density at radius 3 is 2.39 bits per heavy atom. The number of rotatable bonds is 7. The van der Waals surface area contributed by atoms with Crippen molar-refractivity contribution in [3.05, 3.63) is 93.5 Å². The molecule has 0 spiro atoms. The highest BCUT2D eigenvalue weighted by molar-refractivity contribution is 6.04. The fourth-order valence-electron chi connectivity index (χ4n) is 2.85. The van der Waals surface area contributed by atoms with E-state index in [2.05, 4.69) is 5.32 Å². The summed E-state index contributed by atoms with van der Waals surface area (Å²) in [4.78, 5) is 34.8. The quantitative estimate of drug-likeness (QED) is 0.262. The molecule has 8 heteroatoms. The Morgan fingerprint density at radius 1 is 1.00 bits per heavy atom. The van der Waals surface area contributed by atoms with Gasteiger partial charge in [0.15, 0.2) is 12.4 Å². The number of carbonyl (C=O) groups excluding carboxylic acids is 2. The minimum Gasteiger partial charge on any atom is -0.475 e. The Morgan fingerprint density at radius 2 is 1.71 bits per heavy atom. The van der Waals surface area contributed by atoms with Crippen LogP contribution in [0.4, 0.5) is 11.4 Å². The monoisotopic (exact) mass is 420 g/mol. The minimum atomic E-state index is -0.731. The highest BCUT2D eigenvalue weighted by Crippen LogP contribution is 2.25. The molecule has 158 valence electrons. The Bertz CT molecular complexity index is 1130. The van der Waals surface area contributed by atoms with Crippen LogP contribution in [0.2, 0.25) is 0 Å². The van der Waals surface area contributed by atoms with Crippen LogP contribution in [0.15, 0.2) is 66.7 Å². The number of nitro benzene ring substituents is 1. The van der Waals surface area contributed by atoms with E-state index < -0.39 is 17.5 Å². The van der Waals surface area contributed by atoms with Gasteiger partial charge in [-0.2, -0.15) is 0 Å². The minimum absolute atomic E-state index is 0.0251. The van der Waals surface area contributed by atoms with Crippen molar-refractivity contribution in [3.63, 3.8) is 0 Å². The van der Waals surface area contributed by atoms with Crippen molar-refractivity contribution in [2.45, 2.75) is 13.8 Å². The molecule has 0 aromatic heterocycles. The summed E-state index contributed by atoms with van der Waals surface area (Å²) in [6, 6.07) is 17.5. The van der Waals surface area contributed by atoms with Crippen molar-refractivity contribution in [1.29, 1.82) is 0 Å². The smallest absolute Gasteiger partial charge is 0.349 e. The number of aryl methyl sites for hydroxylation is 2. The molecule has 0 fully saturated rings. The molecular formula is C23H20N2O6. The molecule has 8 nitrogen and oxygen atoms in total. The Labute approximate surface area is 178 Å². The number of para-hydroxylation sites is 2. The van der Waals surface area contributed by atoms with Gasteiger partial charge in [-0.1, -0.05) is 29.8 Å². The molecular weight excluding hydrogens is 400 g/mol. The van der Waals surface area contributed by atoms with Gasteiger partial charge < -0.3 is 14.8 Å². The first-order chi connectivity index (χ1) is 14.8. The number of amides is 1. The van der Waals surface area contributed by atoms with Gasteiger partial charge in [0.2, 0.25) is 0 Å². The summed E-state index contributed by atoms with van der Waals surface area (Å²) in [6.45, 7) is 3.39.